The minimum atomic E-state index is -0.231. The summed E-state index contributed by atoms with van der Waals surface area (Å²) in [5.41, 5.74) is 0. The van der Waals surface area contributed by atoms with Crippen LogP contribution in [0.15, 0.2) is 0 Å². The van der Waals surface area contributed by atoms with Gasteiger partial charge in [0.05, 0.1) is 5.25 Å². The number of imide groups is 1. The summed E-state index contributed by atoms with van der Waals surface area (Å²) in [5.74, 6) is 1.79. The highest BCUT2D eigenvalue weighted by atomic mass is 32.2. The number of carbonyl (C=O) groups excluding carboxylic acids is 2. The third-order valence-electron chi connectivity index (χ3n) is 3.78. The third-order valence-corrected chi connectivity index (χ3v) is 5.14. The van der Waals surface area contributed by atoms with E-state index in [9.17, 15) is 9.59 Å². The van der Waals surface area contributed by atoms with Gasteiger partial charge in [-0.05, 0) is 31.4 Å². The third kappa shape index (κ3) is 3.40. The molecule has 0 radical (unpaired) electrons. The molecule has 0 aromatic carbocycles. The Morgan fingerprint density at radius 3 is 2.78 bits per heavy atom. The van der Waals surface area contributed by atoms with Crippen molar-refractivity contribution in [3.05, 3.63) is 0 Å². The van der Waals surface area contributed by atoms with Gasteiger partial charge in [0.2, 0.25) is 5.91 Å². The molecular weight excluding hydrogens is 248 g/mol. The molecule has 0 bridgehead atoms. The second kappa shape index (κ2) is 6.45. The zero-order valence-corrected chi connectivity index (χ0v) is 11.8. The predicted molar refractivity (Wildman–Crippen MR) is 73.6 cm³/mol. The van der Waals surface area contributed by atoms with E-state index in [1.807, 2.05) is 6.92 Å². The lowest BCUT2D eigenvalue weighted by atomic mass is 9.91. The van der Waals surface area contributed by atoms with E-state index in [4.69, 9.17) is 0 Å². The summed E-state index contributed by atoms with van der Waals surface area (Å²) >= 11 is 1.71. The van der Waals surface area contributed by atoms with Gasteiger partial charge in [-0.25, -0.2) is 4.79 Å². The van der Waals surface area contributed by atoms with Crippen LogP contribution in [0, 0.1) is 5.92 Å². The van der Waals surface area contributed by atoms with Crippen LogP contribution in [-0.4, -0.2) is 40.9 Å². The molecule has 0 aromatic rings. The second-order valence-corrected chi connectivity index (χ2v) is 6.58. The molecule has 1 saturated carbocycles. The summed E-state index contributed by atoms with van der Waals surface area (Å²) in [6.45, 7) is 3.03. The predicted octanol–water partition coefficient (Wildman–Crippen LogP) is 2.24. The fourth-order valence-corrected chi connectivity index (χ4v) is 3.77. The number of urea groups is 1. The van der Waals surface area contributed by atoms with E-state index >= 15 is 0 Å². The van der Waals surface area contributed by atoms with Gasteiger partial charge in [-0.2, -0.15) is 0 Å². The first kappa shape index (κ1) is 13.7. The fourth-order valence-electron chi connectivity index (χ4n) is 2.61. The standard InChI is InChI=1S/C13H22N2O2S/c1-10(12(16)15-8-7-14-13(15)17)18-9-11-5-3-2-4-6-11/h10-11H,2-9H2,1H3,(H,14,17)/t10-/m0/s1. The molecule has 4 nitrogen and oxygen atoms in total. The zero-order valence-electron chi connectivity index (χ0n) is 11.0. The van der Waals surface area contributed by atoms with Crippen molar-refractivity contribution in [1.82, 2.24) is 10.2 Å². The highest BCUT2D eigenvalue weighted by Gasteiger charge is 2.30. The average Bonchev–Trinajstić information content (AvgIpc) is 2.82. The number of hydrogen-bond donors (Lipinski definition) is 1. The Hall–Kier alpha value is -0.710. The lowest BCUT2D eigenvalue weighted by Crippen LogP contribution is -2.39. The van der Waals surface area contributed by atoms with Crippen LogP contribution in [0.4, 0.5) is 4.79 Å². The van der Waals surface area contributed by atoms with Crippen LogP contribution < -0.4 is 5.32 Å². The van der Waals surface area contributed by atoms with Crippen LogP contribution in [0.5, 0.6) is 0 Å². The van der Waals surface area contributed by atoms with E-state index in [-0.39, 0.29) is 17.2 Å². The van der Waals surface area contributed by atoms with Crippen molar-refractivity contribution in [2.45, 2.75) is 44.3 Å². The molecule has 0 aromatic heterocycles. The Labute approximate surface area is 113 Å². The van der Waals surface area contributed by atoms with Crippen LogP contribution >= 0.6 is 11.8 Å². The Balaban J connectivity index is 1.74. The molecule has 0 unspecified atom stereocenters. The minimum absolute atomic E-state index is 0.0363. The lowest BCUT2D eigenvalue weighted by molar-refractivity contribution is -0.126. The van der Waals surface area contributed by atoms with E-state index in [1.54, 1.807) is 11.8 Å². The molecule has 2 aliphatic rings. The smallest absolute Gasteiger partial charge is 0.324 e. The molecule has 1 atom stereocenters. The summed E-state index contributed by atoms with van der Waals surface area (Å²) in [6, 6.07) is -0.231. The maximum atomic E-state index is 12.1. The summed E-state index contributed by atoms with van der Waals surface area (Å²) < 4.78 is 0. The summed E-state index contributed by atoms with van der Waals surface area (Å²) in [6.07, 6.45) is 6.64. The second-order valence-electron chi connectivity index (χ2n) is 5.20. The molecule has 1 heterocycles. The van der Waals surface area contributed by atoms with Crippen LogP contribution in [0.2, 0.25) is 0 Å². The Kier molecular flexibility index (Phi) is 4.92. The molecule has 1 aliphatic heterocycles. The maximum Gasteiger partial charge on any atom is 0.324 e. The maximum absolute atomic E-state index is 12.1. The van der Waals surface area contributed by atoms with Crippen LogP contribution in [-0.2, 0) is 4.79 Å². The van der Waals surface area contributed by atoms with Gasteiger partial charge in [-0.3, -0.25) is 9.69 Å². The van der Waals surface area contributed by atoms with Crippen molar-refractivity contribution in [3.8, 4) is 0 Å². The Morgan fingerprint density at radius 2 is 2.17 bits per heavy atom. The number of amides is 3. The number of nitrogens with one attached hydrogen (secondary N) is 1. The first-order valence-electron chi connectivity index (χ1n) is 6.89. The molecule has 18 heavy (non-hydrogen) atoms. The Morgan fingerprint density at radius 1 is 1.44 bits per heavy atom. The van der Waals surface area contributed by atoms with E-state index in [2.05, 4.69) is 5.32 Å². The van der Waals surface area contributed by atoms with Gasteiger partial charge in [-0.1, -0.05) is 19.3 Å². The normalized spacial score (nSPS) is 22.9. The largest absolute Gasteiger partial charge is 0.336 e. The van der Waals surface area contributed by atoms with Crippen LogP contribution in [0.25, 0.3) is 0 Å². The summed E-state index contributed by atoms with van der Waals surface area (Å²) in [7, 11) is 0. The van der Waals surface area contributed by atoms with Crippen molar-refractivity contribution in [2.24, 2.45) is 5.92 Å². The van der Waals surface area contributed by atoms with E-state index < -0.39 is 0 Å². The van der Waals surface area contributed by atoms with E-state index in [0.29, 0.717) is 13.1 Å². The molecule has 2 fully saturated rings. The molecule has 1 aliphatic carbocycles. The monoisotopic (exact) mass is 270 g/mol. The molecule has 1 N–H and O–H groups in total. The van der Waals surface area contributed by atoms with Crippen LogP contribution in [0.1, 0.15) is 39.0 Å². The fraction of sp³-hybridized carbons (Fsp3) is 0.846. The van der Waals surface area contributed by atoms with Gasteiger partial charge in [-0.15, -0.1) is 11.8 Å². The van der Waals surface area contributed by atoms with Gasteiger partial charge in [0.15, 0.2) is 0 Å². The topological polar surface area (TPSA) is 49.4 Å². The van der Waals surface area contributed by atoms with E-state index in [1.165, 1.54) is 37.0 Å². The van der Waals surface area contributed by atoms with Gasteiger partial charge >= 0.3 is 6.03 Å². The molecular formula is C13H22N2O2S. The summed E-state index contributed by atoms with van der Waals surface area (Å²) in [5, 5.41) is 2.57. The molecule has 2 rings (SSSR count). The number of thioether (sulfide) groups is 1. The van der Waals surface area contributed by atoms with Crippen molar-refractivity contribution >= 4 is 23.7 Å². The van der Waals surface area contributed by atoms with Gasteiger partial charge in [0, 0.05) is 13.1 Å². The SMILES string of the molecule is C[C@H](SCC1CCCCC1)C(=O)N1CCNC1=O. The van der Waals surface area contributed by atoms with Crippen molar-refractivity contribution in [2.75, 3.05) is 18.8 Å². The molecule has 5 heteroatoms. The number of nitrogens with zero attached hydrogens (tertiary/aromatic N) is 1. The quantitative estimate of drug-likeness (QED) is 0.852. The molecule has 1 saturated heterocycles. The van der Waals surface area contributed by atoms with Crippen molar-refractivity contribution in [3.63, 3.8) is 0 Å². The molecule has 102 valence electrons. The minimum Gasteiger partial charge on any atom is -0.336 e. The van der Waals surface area contributed by atoms with Gasteiger partial charge < -0.3 is 5.32 Å². The summed E-state index contributed by atoms with van der Waals surface area (Å²) in [4.78, 5) is 24.8. The first-order chi connectivity index (χ1) is 8.68. The Bertz CT molecular complexity index is 316. The zero-order chi connectivity index (χ0) is 13.0. The first-order valence-corrected chi connectivity index (χ1v) is 7.94. The molecule has 0 spiro atoms. The van der Waals surface area contributed by atoms with Crippen molar-refractivity contribution in [1.29, 1.82) is 0 Å². The number of carbonyl (C=O) groups is 2. The van der Waals surface area contributed by atoms with Gasteiger partial charge in [0.1, 0.15) is 0 Å². The highest BCUT2D eigenvalue weighted by molar-refractivity contribution is 8.00. The molecule has 3 amide bonds. The van der Waals surface area contributed by atoms with Crippen LogP contribution in [0.3, 0.4) is 0 Å². The highest BCUT2D eigenvalue weighted by Crippen LogP contribution is 2.28. The van der Waals surface area contributed by atoms with Crippen molar-refractivity contribution < 1.29 is 9.59 Å². The number of rotatable bonds is 4. The van der Waals surface area contributed by atoms with Gasteiger partial charge in [0.25, 0.3) is 0 Å². The lowest BCUT2D eigenvalue weighted by Gasteiger charge is -2.23. The average molecular weight is 270 g/mol. The number of hydrogen-bond acceptors (Lipinski definition) is 3. The van der Waals surface area contributed by atoms with E-state index in [0.717, 1.165) is 11.7 Å².